The minimum absolute atomic E-state index is 0. The van der Waals surface area contributed by atoms with E-state index in [1.165, 1.54) is 26.7 Å². The molecule has 0 aliphatic heterocycles. The molecule has 0 saturated carbocycles. The van der Waals surface area contributed by atoms with E-state index in [2.05, 4.69) is 100 Å². The fraction of sp³-hybridized carbons (Fsp3) is 0.125. The van der Waals surface area contributed by atoms with Gasteiger partial charge in [-0.3, -0.25) is 0 Å². The van der Waals surface area contributed by atoms with E-state index < -0.39 is 0 Å². The minimum atomic E-state index is 0. The topological polar surface area (TPSA) is 12.9 Å². The van der Waals surface area contributed by atoms with Crippen molar-refractivity contribution in [1.29, 1.82) is 0 Å². The maximum absolute atomic E-state index is 4.67. The molecule has 1 unspecified atom stereocenters. The summed E-state index contributed by atoms with van der Waals surface area (Å²) in [6.45, 7) is 0. The van der Waals surface area contributed by atoms with Crippen molar-refractivity contribution in [2.45, 2.75) is 18.8 Å². The van der Waals surface area contributed by atoms with Crippen molar-refractivity contribution in [2.75, 3.05) is 0 Å². The average molecular weight is 445 g/mol. The zero-order valence-electron chi connectivity index (χ0n) is 15.3. The van der Waals surface area contributed by atoms with Crippen LogP contribution in [-0.2, 0) is 22.7 Å². The molecule has 0 bridgehead atoms. The Morgan fingerprint density at radius 1 is 0.821 bits per heavy atom. The fourth-order valence-electron chi connectivity index (χ4n) is 3.58. The molecule has 141 valence electrons. The van der Waals surface area contributed by atoms with E-state index in [9.17, 15) is 0 Å². The third kappa shape index (κ3) is 4.96. The molecule has 4 heteroatoms. The van der Waals surface area contributed by atoms with Crippen LogP contribution in [0.5, 0.6) is 0 Å². The van der Waals surface area contributed by atoms with Gasteiger partial charge in [-0.05, 0) is 0 Å². The van der Waals surface area contributed by atoms with Crippen molar-refractivity contribution < 1.29 is 41.1 Å². The first kappa shape index (κ1) is 22.5. The number of aromatic nitrogens is 1. The number of allylic oxidation sites excluding steroid dienone is 4. The second kappa shape index (κ2) is 10.7. The normalized spacial score (nSPS) is 13.9. The number of hydrogen-bond acceptors (Lipinski definition) is 1. The van der Waals surface area contributed by atoms with Crippen molar-refractivity contribution in [3.05, 3.63) is 124 Å². The Labute approximate surface area is 187 Å². The van der Waals surface area contributed by atoms with Gasteiger partial charge in [-0.25, -0.2) is 0 Å². The first-order chi connectivity index (χ1) is 12.8. The quantitative estimate of drug-likeness (QED) is 0.521. The fourth-order valence-corrected chi connectivity index (χ4v) is 4.14. The molecule has 0 saturated heterocycles. The predicted molar refractivity (Wildman–Crippen MR) is 102 cm³/mol. The van der Waals surface area contributed by atoms with Crippen molar-refractivity contribution in [3.63, 3.8) is 0 Å². The molecule has 1 aliphatic carbocycles. The molecule has 1 aliphatic rings. The number of nitrogens with zero attached hydrogens (tertiary/aromatic N) is 1. The van der Waals surface area contributed by atoms with Crippen LogP contribution in [-0.4, -0.2) is 4.98 Å². The third-order valence-corrected chi connectivity index (χ3v) is 5.67. The van der Waals surface area contributed by atoms with E-state index in [-0.39, 0.29) is 30.7 Å². The monoisotopic (exact) mass is 444 g/mol. The van der Waals surface area contributed by atoms with Gasteiger partial charge in [0.25, 0.3) is 0 Å². The van der Waals surface area contributed by atoms with E-state index in [1.54, 1.807) is 0 Å². The Kier molecular flexibility index (Phi) is 8.55. The maximum atomic E-state index is 4.67. The molecule has 1 aromatic heterocycles. The molecule has 1 heterocycles. The van der Waals surface area contributed by atoms with Crippen molar-refractivity contribution in [3.8, 4) is 0 Å². The Morgan fingerprint density at radius 2 is 1.46 bits per heavy atom. The van der Waals surface area contributed by atoms with Gasteiger partial charge in [0.05, 0.1) is 0 Å². The summed E-state index contributed by atoms with van der Waals surface area (Å²) in [5.41, 5.74) is 6.56. The summed E-state index contributed by atoms with van der Waals surface area (Å²) in [6, 6.07) is 27.5. The Balaban J connectivity index is 0.00000140. The third-order valence-electron chi connectivity index (χ3n) is 4.85. The number of hydrogen-bond donors (Lipinski definition) is 0. The summed E-state index contributed by atoms with van der Waals surface area (Å²) >= 11 is 3.36. The van der Waals surface area contributed by atoms with Gasteiger partial charge in [0, 0.05) is 0 Å². The Hall–Kier alpha value is -1.82. The molecule has 2 aromatic carbocycles. The van der Waals surface area contributed by atoms with Crippen LogP contribution in [0.4, 0.5) is 0 Å². The van der Waals surface area contributed by atoms with Crippen LogP contribution in [0.2, 0.25) is 0 Å². The number of pyridine rings is 1. The van der Waals surface area contributed by atoms with Gasteiger partial charge in [-0.15, -0.1) is 0 Å². The zero-order valence-corrected chi connectivity index (χ0v) is 18.1. The second-order valence-corrected chi connectivity index (χ2v) is 7.19. The summed E-state index contributed by atoms with van der Waals surface area (Å²) in [6.07, 6.45) is 6.20. The van der Waals surface area contributed by atoms with Crippen molar-refractivity contribution in [2.24, 2.45) is 0 Å². The van der Waals surface area contributed by atoms with Crippen LogP contribution in [0.25, 0.3) is 0 Å². The van der Waals surface area contributed by atoms with Gasteiger partial charge in [-0.2, -0.15) is 0 Å². The molecular weight excluding hydrogens is 425 g/mol. The number of halogens is 2. The first-order valence-electron chi connectivity index (χ1n) is 8.92. The number of benzene rings is 2. The van der Waals surface area contributed by atoms with Crippen LogP contribution in [0.3, 0.4) is 0 Å². The Morgan fingerprint density at radius 3 is 2.11 bits per heavy atom. The van der Waals surface area contributed by atoms with Crippen LogP contribution < -0.4 is 24.8 Å². The SMILES string of the molecule is [Cl-].[Cl-].[Cr+2][C]1=C(C(c2ccccc2)c2ccccn2)CC=C1Cc1ccccc1. The molecular formula is C24H20Cl2CrN. The number of rotatable bonds is 5. The second-order valence-electron chi connectivity index (χ2n) is 6.55. The molecule has 0 radical (unpaired) electrons. The molecule has 4 rings (SSSR count). The molecule has 0 spiro atoms. The molecule has 1 nitrogen and oxygen atoms in total. The van der Waals surface area contributed by atoms with Crippen LogP contribution in [0, 0.1) is 0 Å². The molecule has 3 aromatic rings. The van der Waals surface area contributed by atoms with Gasteiger partial charge < -0.3 is 24.8 Å². The zero-order chi connectivity index (χ0) is 17.8. The molecule has 0 N–H and O–H groups in total. The molecule has 1 atom stereocenters. The summed E-state index contributed by atoms with van der Waals surface area (Å²) in [4.78, 5) is 4.67. The molecule has 0 amide bonds. The van der Waals surface area contributed by atoms with Gasteiger partial charge in [-0.1, -0.05) is 0 Å². The van der Waals surface area contributed by atoms with E-state index in [0.29, 0.717) is 0 Å². The van der Waals surface area contributed by atoms with Gasteiger partial charge in [0.1, 0.15) is 0 Å². The molecule has 28 heavy (non-hydrogen) atoms. The van der Waals surface area contributed by atoms with E-state index in [1.807, 2.05) is 12.3 Å². The first-order valence-corrected chi connectivity index (χ1v) is 9.56. The Bertz CT molecular complexity index is 899. The summed E-state index contributed by atoms with van der Waals surface area (Å²) < 4.78 is 1.30. The van der Waals surface area contributed by atoms with Gasteiger partial charge >= 0.3 is 164 Å². The summed E-state index contributed by atoms with van der Waals surface area (Å²) in [5, 5.41) is 0. The van der Waals surface area contributed by atoms with Gasteiger partial charge in [0.2, 0.25) is 0 Å². The average Bonchev–Trinajstić information content (AvgIpc) is 3.05. The standard InChI is InChI=1S/C24H20N.2ClH.Cr/c1-3-9-19(10-4-1)17-20-14-15-22(18-20)24(21-11-5-2-6-12-21)23-13-7-8-16-25-23;;;/h1-14,16,24H,15,17H2;2*1H;/q;;;+2/p-2. The van der Waals surface area contributed by atoms with E-state index >= 15 is 0 Å². The van der Waals surface area contributed by atoms with E-state index in [4.69, 9.17) is 0 Å². The molecule has 0 fully saturated rings. The van der Waals surface area contributed by atoms with Crippen LogP contribution in [0.15, 0.2) is 107 Å². The summed E-state index contributed by atoms with van der Waals surface area (Å²) in [7, 11) is 0. The van der Waals surface area contributed by atoms with E-state index in [0.717, 1.165) is 18.5 Å². The summed E-state index contributed by atoms with van der Waals surface area (Å²) in [5.74, 6) is 0.193. The van der Waals surface area contributed by atoms with Crippen molar-refractivity contribution >= 4 is 0 Å². The van der Waals surface area contributed by atoms with Crippen LogP contribution in [0.1, 0.15) is 29.2 Å². The predicted octanol–water partition coefficient (Wildman–Crippen LogP) is -0.405. The van der Waals surface area contributed by atoms with Crippen LogP contribution >= 0.6 is 0 Å². The van der Waals surface area contributed by atoms with Gasteiger partial charge in [0.15, 0.2) is 0 Å². The van der Waals surface area contributed by atoms with Crippen molar-refractivity contribution in [1.82, 2.24) is 4.98 Å².